The largest absolute Gasteiger partial charge is 0.391 e. The van der Waals surface area contributed by atoms with Crippen LogP contribution in [0.2, 0.25) is 5.02 Å². The first-order valence-corrected chi connectivity index (χ1v) is 13.7. The molecule has 2 N–H and O–H groups in total. The molecule has 0 aromatic heterocycles. The summed E-state index contributed by atoms with van der Waals surface area (Å²) in [5, 5.41) is 13.5. The van der Waals surface area contributed by atoms with Gasteiger partial charge in [-0.1, -0.05) is 53.1 Å². The van der Waals surface area contributed by atoms with Gasteiger partial charge in [0.15, 0.2) is 0 Å². The SMILES string of the molecule is C=CC/C(=C\C=C(/C)CSC=NC(C)C)CCNC(=O)[C@@H]1C[C@@H](O)CN1C(=O)c1c(C)cccc1Cl. The third-order valence-electron chi connectivity index (χ3n) is 5.78. The van der Waals surface area contributed by atoms with Gasteiger partial charge >= 0.3 is 0 Å². The van der Waals surface area contributed by atoms with Gasteiger partial charge in [0.25, 0.3) is 5.91 Å². The number of hydrogen-bond donors (Lipinski definition) is 2. The molecule has 1 heterocycles. The van der Waals surface area contributed by atoms with Gasteiger partial charge < -0.3 is 15.3 Å². The van der Waals surface area contributed by atoms with Gasteiger partial charge in [0.2, 0.25) is 5.91 Å². The van der Waals surface area contributed by atoms with Crippen molar-refractivity contribution in [2.75, 3.05) is 18.8 Å². The van der Waals surface area contributed by atoms with E-state index in [0.29, 0.717) is 29.6 Å². The summed E-state index contributed by atoms with van der Waals surface area (Å²) in [6, 6.07) is 4.81. The average Bonchev–Trinajstić information content (AvgIpc) is 3.21. The predicted octanol–water partition coefficient (Wildman–Crippen LogP) is 5.35. The molecule has 2 amide bonds. The lowest BCUT2D eigenvalue weighted by Gasteiger charge is -2.25. The van der Waals surface area contributed by atoms with Crippen LogP contribution in [-0.4, -0.2) is 64.4 Å². The van der Waals surface area contributed by atoms with Crippen molar-refractivity contribution in [3.8, 4) is 0 Å². The van der Waals surface area contributed by atoms with Crippen molar-refractivity contribution < 1.29 is 14.7 Å². The molecule has 1 aromatic rings. The number of rotatable bonds is 12. The number of aliphatic imine (C=N–C) groups is 1. The number of β-amino-alcohol motifs (C(OH)–C–C–N with tert-alkyl or cyclic N) is 1. The molecule has 8 heteroatoms. The van der Waals surface area contributed by atoms with E-state index in [9.17, 15) is 14.7 Å². The van der Waals surface area contributed by atoms with E-state index >= 15 is 0 Å². The molecule has 1 aliphatic rings. The van der Waals surface area contributed by atoms with Gasteiger partial charge in [-0.2, -0.15) is 0 Å². The monoisotopic (exact) mass is 531 g/mol. The smallest absolute Gasteiger partial charge is 0.256 e. The second kappa shape index (κ2) is 15.0. The van der Waals surface area contributed by atoms with Gasteiger partial charge in [0.05, 0.1) is 22.2 Å². The Hall–Kier alpha value is -2.35. The molecule has 1 aliphatic heterocycles. The summed E-state index contributed by atoms with van der Waals surface area (Å²) in [7, 11) is 0. The maximum atomic E-state index is 13.2. The van der Waals surface area contributed by atoms with E-state index in [4.69, 9.17) is 11.6 Å². The number of nitrogens with zero attached hydrogens (tertiary/aromatic N) is 2. The number of carbonyl (C=O) groups excluding carboxylic acids is 2. The highest BCUT2D eigenvalue weighted by Crippen LogP contribution is 2.26. The van der Waals surface area contributed by atoms with Crippen molar-refractivity contribution in [2.45, 2.75) is 65.1 Å². The van der Waals surface area contributed by atoms with Crippen LogP contribution >= 0.6 is 23.4 Å². The molecule has 0 spiro atoms. The Labute approximate surface area is 224 Å². The quantitative estimate of drug-likeness (QED) is 0.165. The highest BCUT2D eigenvalue weighted by Gasteiger charge is 2.39. The molecule has 6 nitrogen and oxygen atoms in total. The number of carbonyl (C=O) groups is 2. The minimum absolute atomic E-state index is 0.104. The van der Waals surface area contributed by atoms with E-state index < -0.39 is 12.1 Å². The molecule has 0 radical (unpaired) electrons. The van der Waals surface area contributed by atoms with Crippen LogP contribution < -0.4 is 5.32 Å². The number of aliphatic hydroxyl groups is 1. The summed E-state index contributed by atoms with van der Waals surface area (Å²) in [6.07, 6.45) is 6.86. The van der Waals surface area contributed by atoms with E-state index in [1.165, 1.54) is 10.5 Å². The van der Waals surface area contributed by atoms with Crippen molar-refractivity contribution in [3.05, 3.63) is 70.3 Å². The zero-order valence-corrected chi connectivity index (χ0v) is 23.2. The van der Waals surface area contributed by atoms with Crippen LogP contribution in [0.1, 0.15) is 56.0 Å². The maximum Gasteiger partial charge on any atom is 0.256 e. The number of amides is 2. The highest BCUT2D eigenvalue weighted by molar-refractivity contribution is 8.12. The molecular formula is C28H38ClN3O3S. The lowest BCUT2D eigenvalue weighted by atomic mass is 10.1. The fourth-order valence-corrected chi connectivity index (χ4v) is 4.94. The zero-order chi connectivity index (χ0) is 26.7. The van der Waals surface area contributed by atoms with Crippen LogP contribution in [0, 0.1) is 6.92 Å². The first-order valence-electron chi connectivity index (χ1n) is 12.2. The van der Waals surface area contributed by atoms with Crippen molar-refractivity contribution in [2.24, 2.45) is 4.99 Å². The fourth-order valence-electron chi connectivity index (χ4n) is 3.88. The molecule has 2 atom stereocenters. The van der Waals surface area contributed by atoms with E-state index in [0.717, 1.165) is 23.3 Å². The molecule has 0 aliphatic carbocycles. The van der Waals surface area contributed by atoms with Crippen LogP contribution in [0.4, 0.5) is 0 Å². The van der Waals surface area contributed by atoms with Gasteiger partial charge in [-0.25, -0.2) is 0 Å². The third-order valence-corrected chi connectivity index (χ3v) is 6.99. The summed E-state index contributed by atoms with van der Waals surface area (Å²) in [6.45, 7) is 12.4. The second-order valence-corrected chi connectivity index (χ2v) is 10.6. The molecule has 2 rings (SSSR count). The van der Waals surface area contributed by atoms with Crippen molar-refractivity contribution >= 4 is 40.7 Å². The molecule has 1 aromatic carbocycles. The summed E-state index contributed by atoms with van der Waals surface area (Å²) >= 11 is 7.94. The van der Waals surface area contributed by atoms with Crippen molar-refractivity contribution in [1.82, 2.24) is 10.2 Å². The molecule has 1 saturated heterocycles. The number of halogens is 1. The van der Waals surface area contributed by atoms with Crippen LogP contribution in [0.3, 0.4) is 0 Å². The first-order chi connectivity index (χ1) is 17.1. The minimum Gasteiger partial charge on any atom is -0.391 e. The number of nitrogens with one attached hydrogen (secondary N) is 1. The van der Waals surface area contributed by atoms with Gasteiger partial charge in [0.1, 0.15) is 6.04 Å². The Kier molecular flexibility index (Phi) is 12.5. The summed E-state index contributed by atoms with van der Waals surface area (Å²) in [5.41, 5.74) is 5.38. The summed E-state index contributed by atoms with van der Waals surface area (Å²) in [5.74, 6) is 0.262. The molecular weight excluding hydrogens is 494 g/mol. The molecule has 36 heavy (non-hydrogen) atoms. The first kappa shape index (κ1) is 29.9. The van der Waals surface area contributed by atoms with Gasteiger partial charge in [-0.15, -0.1) is 18.3 Å². The molecule has 0 bridgehead atoms. The molecule has 196 valence electrons. The number of likely N-dealkylation sites (tertiary alicyclic amines) is 1. The number of aliphatic hydroxyl groups excluding tert-OH is 1. The van der Waals surface area contributed by atoms with Crippen molar-refractivity contribution in [3.63, 3.8) is 0 Å². The van der Waals surface area contributed by atoms with E-state index in [1.807, 2.05) is 38.5 Å². The van der Waals surface area contributed by atoms with Gasteiger partial charge in [-0.3, -0.25) is 14.6 Å². The Balaban J connectivity index is 1.98. The number of thioether (sulfide) groups is 1. The highest BCUT2D eigenvalue weighted by atomic mass is 35.5. The number of benzene rings is 1. The van der Waals surface area contributed by atoms with Gasteiger partial charge in [-0.05, 0) is 52.2 Å². The molecule has 0 saturated carbocycles. The Morgan fingerprint density at radius 2 is 2.11 bits per heavy atom. The topological polar surface area (TPSA) is 82.0 Å². The normalized spacial score (nSPS) is 18.8. The van der Waals surface area contributed by atoms with Crippen LogP contribution in [0.5, 0.6) is 0 Å². The summed E-state index contributed by atoms with van der Waals surface area (Å²) in [4.78, 5) is 32.0. The zero-order valence-electron chi connectivity index (χ0n) is 21.7. The average molecular weight is 532 g/mol. The van der Waals surface area contributed by atoms with Crippen LogP contribution in [-0.2, 0) is 4.79 Å². The lowest BCUT2D eigenvalue weighted by molar-refractivity contribution is -0.124. The van der Waals surface area contributed by atoms with E-state index in [2.05, 4.69) is 36.0 Å². The fraction of sp³-hybridized carbons (Fsp3) is 0.464. The summed E-state index contributed by atoms with van der Waals surface area (Å²) < 4.78 is 0. The Morgan fingerprint density at radius 3 is 2.78 bits per heavy atom. The number of hydrogen-bond acceptors (Lipinski definition) is 5. The molecule has 1 fully saturated rings. The lowest BCUT2D eigenvalue weighted by Crippen LogP contribution is -2.46. The van der Waals surface area contributed by atoms with E-state index in [-0.39, 0.29) is 24.8 Å². The van der Waals surface area contributed by atoms with Crippen LogP contribution in [0.15, 0.2) is 59.1 Å². The van der Waals surface area contributed by atoms with Crippen LogP contribution in [0.25, 0.3) is 0 Å². The third kappa shape index (κ3) is 9.26. The molecule has 0 unspecified atom stereocenters. The second-order valence-electron chi connectivity index (χ2n) is 9.33. The number of allylic oxidation sites excluding steroid dienone is 3. The predicted molar refractivity (Wildman–Crippen MR) is 152 cm³/mol. The Morgan fingerprint density at radius 1 is 1.36 bits per heavy atom. The standard InChI is InChI=1S/C28H38ClN3O3S/c1-6-8-22(12-11-20(4)17-36-18-31-19(2)3)13-14-30-27(34)25-15-23(33)16-32(25)28(35)26-21(5)9-7-10-24(26)29/h6-7,9-12,18-19,23,25,33H,1,8,13-17H2,2-5H3,(H,30,34)/b20-11+,22-12+,31-18?/t23-,25+/m1/s1. The number of aryl methyl sites for hydroxylation is 1. The minimum atomic E-state index is -0.750. The van der Waals surface area contributed by atoms with Gasteiger partial charge in [0, 0.05) is 31.3 Å². The van der Waals surface area contributed by atoms with Crippen molar-refractivity contribution in [1.29, 1.82) is 0 Å². The Bertz CT molecular complexity index is 999. The maximum absolute atomic E-state index is 13.2. The van der Waals surface area contributed by atoms with E-state index in [1.54, 1.807) is 23.9 Å².